The van der Waals surface area contributed by atoms with E-state index in [1.807, 2.05) is 18.6 Å². The number of hydrogen-bond acceptors (Lipinski definition) is 9. The zero-order chi connectivity index (χ0) is 39.7. The Kier molecular flexibility index (Phi) is 15.9. The van der Waals surface area contributed by atoms with Gasteiger partial charge in [-0.25, -0.2) is 17.9 Å². The third-order valence-electron chi connectivity index (χ3n) is 9.39. The van der Waals surface area contributed by atoms with E-state index in [0.29, 0.717) is 25.8 Å². The van der Waals surface area contributed by atoms with Crippen molar-refractivity contribution in [3.63, 3.8) is 0 Å². The van der Waals surface area contributed by atoms with Gasteiger partial charge in [0.2, 0.25) is 17.7 Å². The van der Waals surface area contributed by atoms with Crippen LogP contribution < -0.4 is 15.4 Å². The van der Waals surface area contributed by atoms with Gasteiger partial charge in [0.15, 0.2) is 0 Å². The molecule has 0 bridgehead atoms. The number of likely N-dealkylation sites (N-methyl/N-ethyl adjacent to an activating group) is 1. The number of benzene rings is 1. The van der Waals surface area contributed by atoms with Gasteiger partial charge in [-0.2, -0.15) is 13.2 Å². The highest BCUT2D eigenvalue weighted by Gasteiger charge is 2.43. The smallest absolute Gasteiger partial charge is 0.465 e. The van der Waals surface area contributed by atoms with E-state index in [2.05, 4.69) is 5.32 Å². The second-order valence-electron chi connectivity index (χ2n) is 13.2. The van der Waals surface area contributed by atoms with E-state index in [1.54, 1.807) is 31.1 Å². The standard InChI is InChI=1S/C33H50F3N5O10S/c1-9-19(4)27(40(6)30(44)26(18(2)3)38-32(46)47)24(50-7)17-25(42)41-16-10-11-23(41)28(51-8)20(5)29(43)39-52(48,49)22-14-12-21(13-15-22)37-31(45)33(34,35)36/h12-15,18-20,23-24,26-28,38H,9-11,16-17H2,1-8H3,(H,37,45)(H,39,43)(H,46,47)/t19-,20+,23-,24-,26-,27-,28+/m0/s1. The normalized spacial score (nSPS) is 18.5. The maximum absolute atomic E-state index is 13.9. The van der Waals surface area contributed by atoms with Gasteiger partial charge in [-0.15, -0.1) is 0 Å². The summed E-state index contributed by atoms with van der Waals surface area (Å²) in [7, 11) is -0.217. The number of nitrogens with zero attached hydrogens (tertiary/aromatic N) is 2. The number of halogens is 3. The van der Waals surface area contributed by atoms with Crippen LogP contribution >= 0.6 is 0 Å². The molecule has 0 aromatic heterocycles. The van der Waals surface area contributed by atoms with Crippen molar-refractivity contribution in [3.8, 4) is 0 Å². The molecule has 0 saturated carbocycles. The van der Waals surface area contributed by atoms with Crippen molar-refractivity contribution in [3.05, 3.63) is 24.3 Å². The predicted molar refractivity (Wildman–Crippen MR) is 182 cm³/mol. The van der Waals surface area contributed by atoms with Crippen molar-refractivity contribution in [2.24, 2.45) is 17.8 Å². The van der Waals surface area contributed by atoms with Gasteiger partial charge < -0.3 is 35.0 Å². The minimum absolute atomic E-state index is 0.161. The Morgan fingerprint density at radius 3 is 2.12 bits per heavy atom. The fraction of sp³-hybridized carbons (Fsp3) is 0.667. The Balaban J connectivity index is 2.24. The number of sulfonamides is 1. The summed E-state index contributed by atoms with van der Waals surface area (Å²) in [6.45, 7) is 8.98. The SMILES string of the molecule is CC[C@H](C)[C@@H]([C@H](CC(=O)N1CCC[C@H]1[C@H](OC)[C@@H](C)C(=O)NS(=O)(=O)c1ccc(NC(=O)C(F)(F)F)cc1)OC)N(C)C(=O)[C@@H](NC(=O)O)C(C)C. The molecule has 294 valence electrons. The average molecular weight is 766 g/mol. The fourth-order valence-corrected chi connectivity index (χ4v) is 7.44. The number of rotatable bonds is 17. The lowest BCUT2D eigenvalue weighted by Gasteiger charge is -2.40. The summed E-state index contributed by atoms with van der Waals surface area (Å²) in [6.07, 6.45) is -6.81. The highest BCUT2D eigenvalue weighted by molar-refractivity contribution is 7.90. The number of likely N-dealkylation sites (tertiary alicyclic amines) is 1. The van der Waals surface area contributed by atoms with Crippen molar-refractivity contribution in [2.45, 2.75) is 102 Å². The molecule has 1 aromatic carbocycles. The van der Waals surface area contributed by atoms with Gasteiger partial charge in [0, 0.05) is 33.5 Å². The number of ether oxygens (including phenoxy) is 2. The molecule has 4 N–H and O–H groups in total. The number of nitrogens with one attached hydrogen (secondary N) is 3. The lowest BCUT2D eigenvalue weighted by molar-refractivity contribution is -0.167. The number of carbonyl (C=O) groups is 5. The minimum Gasteiger partial charge on any atom is -0.465 e. The van der Waals surface area contributed by atoms with Crippen LogP contribution in [0.5, 0.6) is 0 Å². The molecule has 0 radical (unpaired) electrons. The maximum atomic E-state index is 13.9. The Bertz CT molecular complexity index is 1530. The zero-order valence-electron chi connectivity index (χ0n) is 30.5. The lowest BCUT2D eigenvalue weighted by Crippen LogP contribution is -2.57. The van der Waals surface area contributed by atoms with Crippen LogP contribution in [0.15, 0.2) is 29.2 Å². The summed E-state index contributed by atoms with van der Waals surface area (Å²) in [5.74, 6) is -5.66. The molecule has 5 amide bonds. The zero-order valence-corrected chi connectivity index (χ0v) is 31.3. The van der Waals surface area contributed by atoms with Gasteiger partial charge in [-0.1, -0.05) is 41.0 Å². The van der Waals surface area contributed by atoms with Gasteiger partial charge >= 0.3 is 18.2 Å². The molecule has 1 aliphatic rings. The van der Waals surface area contributed by atoms with Crippen LogP contribution in [0.4, 0.5) is 23.7 Å². The van der Waals surface area contributed by atoms with E-state index < -0.39 is 81.2 Å². The molecule has 19 heteroatoms. The third kappa shape index (κ3) is 11.3. The molecule has 1 saturated heterocycles. The second-order valence-corrected chi connectivity index (χ2v) is 14.9. The molecule has 0 spiro atoms. The van der Waals surface area contributed by atoms with E-state index in [-0.39, 0.29) is 29.9 Å². The van der Waals surface area contributed by atoms with Crippen LogP contribution in [0.1, 0.15) is 60.3 Å². The first-order valence-electron chi connectivity index (χ1n) is 16.8. The molecular weight excluding hydrogens is 715 g/mol. The number of methoxy groups -OCH3 is 2. The first-order valence-corrected chi connectivity index (χ1v) is 18.2. The van der Waals surface area contributed by atoms with Crippen LogP contribution in [-0.2, 0) is 38.7 Å². The van der Waals surface area contributed by atoms with Crippen molar-refractivity contribution < 1.29 is 60.1 Å². The van der Waals surface area contributed by atoms with E-state index in [0.717, 1.165) is 24.3 Å². The molecule has 1 fully saturated rings. The molecule has 1 heterocycles. The number of amides is 5. The lowest BCUT2D eigenvalue weighted by atomic mass is 9.89. The first kappa shape index (κ1) is 44.2. The van der Waals surface area contributed by atoms with Crippen molar-refractivity contribution >= 4 is 45.4 Å². The van der Waals surface area contributed by atoms with E-state index in [4.69, 9.17) is 9.47 Å². The number of anilines is 1. The average Bonchev–Trinajstić information content (AvgIpc) is 3.55. The van der Waals surface area contributed by atoms with Gasteiger partial charge in [-0.3, -0.25) is 19.2 Å². The summed E-state index contributed by atoms with van der Waals surface area (Å²) in [5.41, 5.74) is -0.314. The van der Waals surface area contributed by atoms with Gasteiger partial charge in [0.1, 0.15) is 6.04 Å². The molecule has 0 aliphatic carbocycles. The summed E-state index contributed by atoms with van der Waals surface area (Å²) in [5, 5.41) is 13.2. The number of carbonyl (C=O) groups excluding carboxylic acids is 4. The fourth-order valence-electron chi connectivity index (χ4n) is 6.38. The number of hydrogen-bond donors (Lipinski definition) is 4. The maximum Gasteiger partial charge on any atom is 0.471 e. The monoisotopic (exact) mass is 765 g/mol. The van der Waals surface area contributed by atoms with Crippen LogP contribution in [-0.4, -0.2) is 117 Å². The summed E-state index contributed by atoms with van der Waals surface area (Å²) < 4.78 is 77.1. The van der Waals surface area contributed by atoms with E-state index in [9.17, 15) is 50.7 Å². The van der Waals surface area contributed by atoms with Crippen molar-refractivity contribution in [1.82, 2.24) is 19.8 Å². The largest absolute Gasteiger partial charge is 0.471 e. The molecule has 15 nitrogen and oxygen atoms in total. The molecule has 0 unspecified atom stereocenters. The first-order chi connectivity index (χ1) is 24.1. The highest BCUT2D eigenvalue weighted by atomic mass is 32.2. The molecule has 1 aliphatic heterocycles. The Hall–Kier alpha value is -3.97. The summed E-state index contributed by atoms with van der Waals surface area (Å²) in [4.78, 5) is 65.8. The highest BCUT2D eigenvalue weighted by Crippen LogP contribution is 2.30. The Labute approximate surface area is 302 Å². The number of carboxylic acid groups (broad SMARTS) is 1. The van der Waals surface area contributed by atoms with Gasteiger partial charge in [-0.05, 0) is 48.9 Å². The molecule has 1 aromatic rings. The van der Waals surface area contributed by atoms with Crippen molar-refractivity contribution in [1.29, 1.82) is 0 Å². The minimum atomic E-state index is -5.15. The second kappa shape index (κ2) is 18.7. The quantitative estimate of drug-likeness (QED) is 0.183. The van der Waals surface area contributed by atoms with Gasteiger partial charge in [0.25, 0.3) is 10.0 Å². The molecule has 7 atom stereocenters. The summed E-state index contributed by atoms with van der Waals surface area (Å²) >= 11 is 0. The molecule has 2 rings (SSSR count). The van der Waals surface area contributed by atoms with Gasteiger partial charge in [0.05, 0.1) is 41.5 Å². The Morgan fingerprint density at radius 2 is 1.63 bits per heavy atom. The van der Waals surface area contributed by atoms with Crippen molar-refractivity contribution in [2.75, 3.05) is 33.1 Å². The topological polar surface area (TPSA) is 201 Å². The van der Waals surface area contributed by atoms with Crippen LogP contribution in [0.25, 0.3) is 0 Å². The molecule has 52 heavy (non-hydrogen) atoms. The number of alkyl halides is 3. The predicted octanol–water partition coefficient (Wildman–Crippen LogP) is 3.20. The van der Waals surface area contributed by atoms with E-state index in [1.165, 1.54) is 26.0 Å². The Morgan fingerprint density at radius 1 is 1.04 bits per heavy atom. The van der Waals surface area contributed by atoms with E-state index >= 15 is 0 Å². The molecular formula is C33H50F3N5O10S. The summed E-state index contributed by atoms with van der Waals surface area (Å²) in [6, 6.07) is 1.44. The van der Waals surface area contributed by atoms with Crippen LogP contribution in [0.3, 0.4) is 0 Å². The van der Waals surface area contributed by atoms with Crippen LogP contribution in [0.2, 0.25) is 0 Å². The third-order valence-corrected chi connectivity index (χ3v) is 10.7. The van der Waals surface area contributed by atoms with Crippen LogP contribution in [0, 0.1) is 17.8 Å².